The van der Waals surface area contributed by atoms with Gasteiger partial charge in [-0.05, 0) is 36.1 Å². The lowest BCUT2D eigenvalue weighted by molar-refractivity contribution is 0.102. The highest BCUT2D eigenvalue weighted by Gasteiger charge is 2.32. The van der Waals surface area contributed by atoms with Crippen molar-refractivity contribution < 1.29 is 22.7 Å². The molecule has 4 rings (SSSR count). The van der Waals surface area contributed by atoms with Crippen LogP contribution in [0.25, 0.3) is 10.6 Å². The van der Waals surface area contributed by atoms with Crippen molar-refractivity contribution in [2.24, 2.45) is 0 Å². The molecule has 30 heavy (non-hydrogen) atoms. The number of methoxy groups -OCH3 is 2. The number of nitrogens with zero attached hydrogens (tertiary/aromatic N) is 2. The van der Waals surface area contributed by atoms with Crippen LogP contribution in [0.15, 0.2) is 41.8 Å². The van der Waals surface area contributed by atoms with E-state index in [0.29, 0.717) is 23.6 Å². The van der Waals surface area contributed by atoms with Gasteiger partial charge >= 0.3 is 0 Å². The third-order valence-electron chi connectivity index (χ3n) is 4.95. The average Bonchev–Trinajstić information content (AvgIpc) is 3.46. The molecule has 1 unspecified atom stereocenters. The van der Waals surface area contributed by atoms with Crippen LogP contribution in [-0.2, 0) is 9.84 Å². The fraction of sp³-hybridized carbons (Fsp3) is 0.300. The van der Waals surface area contributed by atoms with Gasteiger partial charge in [0.15, 0.2) is 15.5 Å². The number of carbonyl (C=O) groups excluding carboxylic acids is 1. The number of anilines is 1. The second kappa shape index (κ2) is 8.11. The number of hydrogen-bond acceptors (Lipinski definition) is 7. The van der Waals surface area contributed by atoms with Gasteiger partial charge in [0.2, 0.25) is 0 Å². The lowest BCUT2D eigenvalue weighted by atomic mass is 10.2. The van der Waals surface area contributed by atoms with E-state index in [-0.39, 0.29) is 23.2 Å². The molecule has 0 radical (unpaired) electrons. The van der Waals surface area contributed by atoms with Gasteiger partial charge in [-0.15, -0.1) is 11.3 Å². The highest BCUT2D eigenvalue weighted by Crippen LogP contribution is 2.33. The van der Waals surface area contributed by atoms with Crippen molar-refractivity contribution in [2.75, 3.05) is 31.0 Å². The Labute approximate surface area is 178 Å². The molecule has 8 nitrogen and oxygen atoms in total. The summed E-state index contributed by atoms with van der Waals surface area (Å²) >= 11 is 1.51. The van der Waals surface area contributed by atoms with Crippen molar-refractivity contribution in [2.45, 2.75) is 12.5 Å². The molecule has 0 aliphatic carbocycles. The Morgan fingerprint density at radius 3 is 2.70 bits per heavy atom. The van der Waals surface area contributed by atoms with Crippen LogP contribution in [0.1, 0.15) is 23.0 Å². The Morgan fingerprint density at radius 1 is 1.23 bits per heavy atom. The van der Waals surface area contributed by atoms with Crippen molar-refractivity contribution >= 4 is 32.8 Å². The Morgan fingerprint density at radius 2 is 2.07 bits per heavy atom. The standard InChI is InChI=1S/C20H21N3O5S2/c1-27-14-5-6-18(28-2)15(10-14)21-20(24)16-11-17(19-4-3-8-29-19)23(22-16)13-7-9-30(25,26)12-13/h3-6,8,10-11,13H,7,9,12H2,1-2H3,(H,21,24). The minimum absolute atomic E-state index is 0.0256. The predicted octanol–water partition coefficient (Wildman–Crippen LogP) is 3.24. The van der Waals surface area contributed by atoms with E-state index in [2.05, 4.69) is 10.4 Å². The smallest absolute Gasteiger partial charge is 0.276 e. The van der Waals surface area contributed by atoms with Gasteiger partial charge in [-0.2, -0.15) is 5.10 Å². The number of carbonyl (C=O) groups is 1. The van der Waals surface area contributed by atoms with Crippen LogP contribution >= 0.6 is 11.3 Å². The average molecular weight is 448 g/mol. The number of amides is 1. The number of thiophene rings is 1. The van der Waals surface area contributed by atoms with Gasteiger partial charge in [-0.3, -0.25) is 9.48 Å². The largest absolute Gasteiger partial charge is 0.497 e. The van der Waals surface area contributed by atoms with E-state index in [1.807, 2.05) is 17.5 Å². The quantitative estimate of drug-likeness (QED) is 0.623. The molecule has 158 valence electrons. The molecule has 0 saturated carbocycles. The van der Waals surface area contributed by atoms with Gasteiger partial charge in [-0.1, -0.05) is 6.07 Å². The van der Waals surface area contributed by atoms with Crippen LogP contribution < -0.4 is 14.8 Å². The van der Waals surface area contributed by atoms with E-state index >= 15 is 0 Å². The summed E-state index contributed by atoms with van der Waals surface area (Å²) in [7, 11) is -0.0386. The van der Waals surface area contributed by atoms with Crippen molar-refractivity contribution in [1.82, 2.24) is 9.78 Å². The summed E-state index contributed by atoms with van der Waals surface area (Å²) in [4.78, 5) is 13.9. The van der Waals surface area contributed by atoms with Crippen LogP contribution in [0.2, 0.25) is 0 Å². The van der Waals surface area contributed by atoms with Crippen LogP contribution in [0.5, 0.6) is 11.5 Å². The minimum atomic E-state index is -3.09. The van der Waals surface area contributed by atoms with Crippen molar-refractivity contribution in [3.63, 3.8) is 0 Å². The summed E-state index contributed by atoms with van der Waals surface area (Å²) in [6, 6.07) is 10.3. The fourth-order valence-corrected chi connectivity index (χ4v) is 5.88. The summed E-state index contributed by atoms with van der Waals surface area (Å²) in [5, 5.41) is 9.22. The van der Waals surface area contributed by atoms with Crippen LogP contribution in [-0.4, -0.2) is 49.8 Å². The summed E-state index contributed by atoms with van der Waals surface area (Å²) < 4.78 is 36.2. The molecule has 0 bridgehead atoms. The van der Waals surface area contributed by atoms with E-state index in [1.165, 1.54) is 25.6 Å². The Balaban J connectivity index is 1.68. The lowest BCUT2D eigenvalue weighted by Gasteiger charge is -2.12. The molecule has 1 N–H and O–H groups in total. The Hall–Kier alpha value is -2.85. The molecule has 1 fully saturated rings. The first-order valence-corrected chi connectivity index (χ1v) is 12.0. The molecule has 10 heteroatoms. The lowest BCUT2D eigenvalue weighted by Crippen LogP contribution is -2.17. The maximum atomic E-state index is 13.0. The van der Waals surface area contributed by atoms with Crippen LogP contribution in [0.4, 0.5) is 5.69 Å². The third kappa shape index (κ3) is 4.05. The zero-order valence-electron chi connectivity index (χ0n) is 16.5. The molecular weight excluding hydrogens is 426 g/mol. The summed E-state index contributed by atoms with van der Waals surface area (Å²) in [5.74, 6) is 0.803. The number of aromatic nitrogens is 2. The van der Waals surface area contributed by atoms with Crippen LogP contribution in [0.3, 0.4) is 0 Å². The monoisotopic (exact) mass is 447 g/mol. The van der Waals surface area contributed by atoms with Gasteiger partial charge in [0, 0.05) is 6.07 Å². The number of rotatable bonds is 6. The van der Waals surface area contributed by atoms with E-state index in [9.17, 15) is 13.2 Å². The number of ether oxygens (including phenoxy) is 2. The first-order valence-electron chi connectivity index (χ1n) is 9.27. The van der Waals surface area contributed by atoms with Gasteiger partial charge in [0.1, 0.15) is 11.5 Å². The summed E-state index contributed by atoms with van der Waals surface area (Å²) in [6.07, 6.45) is 0.479. The summed E-state index contributed by atoms with van der Waals surface area (Å²) in [6.45, 7) is 0. The molecular formula is C20H21N3O5S2. The Bertz CT molecular complexity index is 1170. The van der Waals surface area contributed by atoms with Crippen LogP contribution in [0, 0.1) is 0 Å². The molecule has 1 saturated heterocycles. The predicted molar refractivity (Wildman–Crippen MR) is 115 cm³/mol. The first-order chi connectivity index (χ1) is 14.4. The van der Waals surface area contributed by atoms with E-state index in [1.54, 1.807) is 28.9 Å². The molecule has 1 amide bonds. The number of sulfone groups is 1. The Kier molecular flexibility index (Phi) is 5.52. The van der Waals surface area contributed by atoms with Gasteiger partial charge < -0.3 is 14.8 Å². The third-order valence-corrected chi connectivity index (χ3v) is 7.59. The van der Waals surface area contributed by atoms with E-state index < -0.39 is 15.7 Å². The highest BCUT2D eigenvalue weighted by molar-refractivity contribution is 7.91. The second-order valence-corrected chi connectivity index (χ2v) is 10.1. The second-order valence-electron chi connectivity index (χ2n) is 6.91. The zero-order valence-corrected chi connectivity index (χ0v) is 18.1. The number of benzene rings is 1. The topological polar surface area (TPSA) is 99.5 Å². The maximum absolute atomic E-state index is 13.0. The van der Waals surface area contributed by atoms with Gasteiger partial charge in [0.05, 0.1) is 48.0 Å². The first kappa shape index (κ1) is 20.4. The van der Waals surface area contributed by atoms with Gasteiger partial charge in [0.25, 0.3) is 5.91 Å². The summed E-state index contributed by atoms with van der Waals surface area (Å²) in [5.41, 5.74) is 1.39. The molecule has 1 aromatic carbocycles. The SMILES string of the molecule is COc1ccc(OC)c(NC(=O)c2cc(-c3cccs3)n(C3CCS(=O)(=O)C3)n2)c1. The molecule has 3 aromatic rings. The van der Waals surface area contributed by atoms with Gasteiger partial charge in [-0.25, -0.2) is 8.42 Å². The molecule has 0 spiro atoms. The number of hydrogen-bond donors (Lipinski definition) is 1. The molecule has 3 heterocycles. The van der Waals surface area contributed by atoms with E-state index in [0.717, 1.165) is 10.6 Å². The van der Waals surface area contributed by atoms with Crippen molar-refractivity contribution in [1.29, 1.82) is 0 Å². The molecule has 1 atom stereocenters. The van der Waals surface area contributed by atoms with E-state index in [4.69, 9.17) is 9.47 Å². The van der Waals surface area contributed by atoms with Crippen molar-refractivity contribution in [3.05, 3.63) is 47.5 Å². The molecule has 1 aliphatic rings. The normalized spacial score (nSPS) is 17.6. The minimum Gasteiger partial charge on any atom is -0.497 e. The fourth-order valence-electron chi connectivity index (χ4n) is 3.46. The molecule has 1 aliphatic heterocycles. The number of nitrogens with one attached hydrogen (secondary N) is 1. The zero-order chi connectivity index (χ0) is 21.3. The maximum Gasteiger partial charge on any atom is 0.276 e. The van der Waals surface area contributed by atoms with Crippen molar-refractivity contribution in [3.8, 4) is 22.1 Å². The molecule has 2 aromatic heterocycles. The highest BCUT2D eigenvalue weighted by atomic mass is 32.2.